The number of phenolic OH excluding ortho intramolecular Hbond substituents is 4. The number of aromatic carboxylic acids is 2. The van der Waals surface area contributed by atoms with Crippen LogP contribution in [0.25, 0.3) is 54.2 Å². The van der Waals surface area contributed by atoms with E-state index in [2.05, 4.69) is 0 Å². The van der Waals surface area contributed by atoms with E-state index >= 15 is 0 Å². The number of carboxylic acid groups (broad SMARTS) is 2. The highest BCUT2D eigenvalue weighted by Gasteiger charge is 2.46. The Balaban J connectivity index is 1.50. The summed E-state index contributed by atoms with van der Waals surface area (Å²) in [6, 6.07) is 12.0. The molecule has 8 rings (SSSR count). The van der Waals surface area contributed by atoms with Gasteiger partial charge in [-0.2, -0.15) is 0 Å². The molecule has 326 valence electrons. The Morgan fingerprint density at radius 3 is 1.21 bits per heavy atom. The number of carboxylic acids is 2. The molecule has 0 amide bonds. The van der Waals surface area contributed by atoms with Gasteiger partial charge < -0.3 is 90.4 Å². The summed E-state index contributed by atoms with van der Waals surface area (Å²) in [6.07, 6.45) is -17.6. The van der Waals surface area contributed by atoms with Gasteiger partial charge in [-0.05, 0) is 69.1 Å². The number of hydrogen-bond acceptors (Lipinski definition) is 18. The molecule has 0 saturated carbocycles. The predicted molar refractivity (Wildman–Crippen MR) is 211 cm³/mol. The van der Waals surface area contributed by atoms with Gasteiger partial charge in [0, 0.05) is 0 Å². The lowest BCUT2D eigenvalue weighted by Gasteiger charge is -2.39. The molecule has 0 radical (unpaired) electrons. The molecule has 6 aromatic carbocycles. The molecule has 20 nitrogen and oxygen atoms in total. The minimum atomic E-state index is -1.93. The van der Waals surface area contributed by atoms with Gasteiger partial charge in [0.25, 0.3) is 0 Å². The van der Waals surface area contributed by atoms with E-state index in [0.717, 1.165) is 24.3 Å². The second kappa shape index (κ2) is 15.9. The van der Waals surface area contributed by atoms with Crippen molar-refractivity contribution in [3.63, 3.8) is 0 Å². The maximum Gasteiger partial charge on any atom is 0.335 e. The first-order valence-electron chi connectivity index (χ1n) is 18.8. The summed E-state index contributed by atoms with van der Waals surface area (Å²) in [5.74, 6) is -6.65. The molecule has 20 heteroatoms. The Hall–Kier alpha value is -6.30. The highest BCUT2D eigenvalue weighted by atomic mass is 16.7. The number of fused-ring (bicyclic) bond motifs is 4. The highest BCUT2D eigenvalue weighted by molar-refractivity contribution is 6.29. The van der Waals surface area contributed by atoms with Crippen LogP contribution >= 0.6 is 0 Å². The normalized spacial score (nSPS) is 26.6. The second-order valence-corrected chi connectivity index (χ2v) is 14.9. The highest BCUT2D eigenvalue weighted by Crippen LogP contribution is 2.55. The number of carbonyl (C=O) groups is 2. The summed E-state index contributed by atoms with van der Waals surface area (Å²) in [5, 5.41) is 149. The van der Waals surface area contributed by atoms with Crippen LogP contribution in [0.15, 0.2) is 60.7 Å². The summed E-state index contributed by atoms with van der Waals surface area (Å²) in [6.45, 7) is -1.62. The van der Waals surface area contributed by atoms with Crippen molar-refractivity contribution in [2.45, 2.75) is 61.4 Å². The molecule has 2 saturated heterocycles. The summed E-state index contributed by atoms with van der Waals surface area (Å²) in [7, 11) is 0. The van der Waals surface area contributed by atoms with Gasteiger partial charge in [0.1, 0.15) is 83.3 Å². The second-order valence-electron chi connectivity index (χ2n) is 14.9. The van der Waals surface area contributed by atoms with Crippen molar-refractivity contribution < 1.29 is 100 Å². The first kappa shape index (κ1) is 42.4. The lowest BCUT2D eigenvalue weighted by atomic mass is 9.84. The zero-order valence-electron chi connectivity index (χ0n) is 31.7. The minimum Gasteiger partial charge on any atom is -0.507 e. The topological polar surface area (TPSA) is 354 Å². The van der Waals surface area contributed by atoms with Crippen LogP contribution in [0.2, 0.25) is 0 Å². The summed E-state index contributed by atoms with van der Waals surface area (Å²) in [4.78, 5) is 24.9. The van der Waals surface area contributed by atoms with Crippen LogP contribution in [0, 0.1) is 0 Å². The minimum absolute atomic E-state index is 0.0345. The van der Waals surface area contributed by atoms with Crippen LogP contribution in [-0.4, -0.2) is 158 Å². The summed E-state index contributed by atoms with van der Waals surface area (Å²) >= 11 is 0. The Bertz CT molecular complexity index is 2600. The van der Waals surface area contributed by atoms with Crippen LogP contribution in [0.5, 0.6) is 34.5 Å². The molecular formula is C42H38O20. The zero-order chi connectivity index (χ0) is 44.6. The third kappa shape index (κ3) is 6.66. The largest absolute Gasteiger partial charge is 0.507 e. The molecule has 0 spiro atoms. The van der Waals surface area contributed by atoms with E-state index in [1.807, 2.05) is 0 Å². The van der Waals surface area contributed by atoms with Crippen LogP contribution in [-0.2, 0) is 9.47 Å². The number of aliphatic hydroxyl groups excluding tert-OH is 8. The molecule has 2 heterocycles. The molecule has 2 aliphatic rings. The lowest BCUT2D eigenvalue weighted by molar-refractivity contribution is -0.277. The van der Waals surface area contributed by atoms with Crippen molar-refractivity contribution in [3.05, 3.63) is 71.8 Å². The number of phenols is 4. The SMILES string of the molecule is O=C(O)c1cc(O)c2c(O)c3c(O[C@@H]4O[C@H](CO)[C@@H](O)[C@H](O)[C@@H]4O)cccc3c(-c3c4cc(C(=O)O)cc(O)c4c(O)c4c(O[C@H]5O[C@@H](CO)[C@@H](O)[C@@H](O)[C@@H]5O)cccc34)c2c1. The Kier molecular flexibility index (Phi) is 10.9. The van der Waals surface area contributed by atoms with E-state index in [-0.39, 0.29) is 54.9 Å². The van der Waals surface area contributed by atoms with Crippen LogP contribution in [0.3, 0.4) is 0 Å². The standard InChI is InChI=1S/C42H38O20/c43-11-23-31(47)35(51)37(53)41(61-23)59-21-5-1-3-15-25(17-7-13(39(55)56)9-19(45)27(17)33(49)29(15)21)26-16-4-2-6-22(60-42-38(54)36(52)32(48)24(12-44)62-42)30(16)34(50)28-18(26)8-14(40(57)58)10-20(28)46/h1-10,23-24,31-32,35-38,41-54H,11-12H2,(H,55,56)(H,57,58)/t23-,24+,31-,32-,35+,36-,37+,38+,41-,42+/m1/s1. The van der Waals surface area contributed by atoms with E-state index in [4.69, 9.17) is 18.9 Å². The van der Waals surface area contributed by atoms with Gasteiger partial charge in [0.05, 0.1) is 45.9 Å². The molecular weight excluding hydrogens is 824 g/mol. The maximum absolute atomic E-state index is 12.5. The molecule has 0 aliphatic carbocycles. The fourth-order valence-electron chi connectivity index (χ4n) is 8.22. The van der Waals surface area contributed by atoms with Gasteiger partial charge in [-0.25, -0.2) is 9.59 Å². The van der Waals surface area contributed by atoms with Crippen molar-refractivity contribution in [1.82, 2.24) is 0 Å². The summed E-state index contributed by atoms with van der Waals surface area (Å²) < 4.78 is 23.1. The average Bonchev–Trinajstić information content (AvgIpc) is 3.24. The lowest BCUT2D eigenvalue weighted by Crippen LogP contribution is -2.60. The quantitative estimate of drug-likeness (QED) is 0.0882. The number of rotatable bonds is 9. The molecule has 62 heavy (non-hydrogen) atoms. The maximum atomic E-state index is 12.5. The van der Waals surface area contributed by atoms with Gasteiger partial charge in [-0.15, -0.1) is 0 Å². The summed E-state index contributed by atoms with van der Waals surface area (Å²) in [5.41, 5.74) is -1.16. The molecule has 14 N–H and O–H groups in total. The molecule has 10 atom stereocenters. The molecule has 0 unspecified atom stereocenters. The van der Waals surface area contributed by atoms with Crippen LogP contribution in [0.4, 0.5) is 0 Å². The molecule has 6 aromatic rings. The molecule has 2 fully saturated rings. The van der Waals surface area contributed by atoms with Gasteiger partial charge in [-0.1, -0.05) is 24.3 Å². The molecule has 0 aromatic heterocycles. The number of aliphatic hydroxyl groups is 8. The first-order chi connectivity index (χ1) is 29.5. The van der Waals surface area contributed by atoms with Crippen molar-refractivity contribution in [2.24, 2.45) is 0 Å². The molecule has 2 aliphatic heterocycles. The van der Waals surface area contributed by atoms with Gasteiger partial charge in [-0.3, -0.25) is 0 Å². The van der Waals surface area contributed by atoms with Gasteiger partial charge >= 0.3 is 11.9 Å². The van der Waals surface area contributed by atoms with Crippen molar-refractivity contribution in [2.75, 3.05) is 13.2 Å². The van der Waals surface area contributed by atoms with E-state index in [0.29, 0.717) is 0 Å². The first-order valence-corrected chi connectivity index (χ1v) is 18.8. The van der Waals surface area contributed by atoms with Crippen molar-refractivity contribution in [1.29, 1.82) is 0 Å². The zero-order valence-corrected chi connectivity index (χ0v) is 31.7. The van der Waals surface area contributed by atoms with Crippen molar-refractivity contribution in [3.8, 4) is 45.6 Å². The number of benzene rings is 6. The fourth-order valence-corrected chi connectivity index (χ4v) is 8.22. The third-order valence-corrected chi connectivity index (χ3v) is 11.2. The van der Waals surface area contributed by atoms with Gasteiger partial charge in [0.15, 0.2) is 0 Å². The average molecular weight is 863 g/mol. The Morgan fingerprint density at radius 1 is 0.500 bits per heavy atom. The van der Waals surface area contributed by atoms with E-state index < -0.39 is 131 Å². The predicted octanol–water partition coefficient (Wildman–Crippen LogP) is 0.543. The van der Waals surface area contributed by atoms with Crippen molar-refractivity contribution >= 4 is 55.0 Å². The number of hydrogen-bond donors (Lipinski definition) is 14. The van der Waals surface area contributed by atoms with E-state index in [9.17, 15) is 81.1 Å². The van der Waals surface area contributed by atoms with Crippen LogP contribution < -0.4 is 9.47 Å². The van der Waals surface area contributed by atoms with Gasteiger partial charge in [0.2, 0.25) is 12.6 Å². The van der Waals surface area contributed by atoms with E-state index in [1.165, 1.54) is 36.4 Å². The number of aromatic hydroxyl groups is 4. The monoisotopic (exact) mass is 862 g/mol. The molecule has 0 bridgehead atoms. The smallest absolute Gasteiger partial charge is 0.335 e. The Labute approximate surface area is 346 Å². The number of ether oxygens (including phenoxy) is 4. The van der Waals surface area contributed by atoms with E-state index in [1.54, 1.807) is 0 Å². The fraction of sp³-hybridized carbons (Fsp3) is 0.286. The third-order valence-electron chi connectivity index (χ3n) is 11.2. The van der Waals surface area contributed by atoms with Crippen LogP contribution in [0.1, 0.15) is 20.7 Å². The Morgan fingerprint density at radius 2 is 0.871 bits per heavy atom.